The lowest BCUT2D eigenvalue weighted by atomic mass is 10.1. The molecule has 0 N–H and O–H groups in total. The minimum Gasteiger partial charge on any atom is -0.141 e. The van der Waals surface area contributed by atoms with Gasteiger partial charge in [-0.2, -0.15) is 0 Å². The Kier molecular flexibility index (Phi) is 4.27. The highest BCUT2D eigenvalue weighted by Crippen LogP contribution is 2.41. The van der Waals surface area contributed by atoms with Gasteiger partial charge >= 0.3 is 0 Å². The summed E-state index contributed by atoms with van der Waals surface area (Å²) in [5.41, 5.74) is 0. The van der Waals surface area contributed by atoms with Crippen LogP contribution in [-0.4, -0.2) is 0 Å². The first-order valence-electron chi connectivity index (χ1n) is 9.50. The van der Waals surface area contributed by atoms with E-state index < -0.39 is 0 Å². The molecule has 0 saturated carbocycles. The Bertz CT molecular complexity index is 1230. The van der Waals surface area contributed by atoms with Crippen LogP contribution in [-0.2, 0) is 6.42 Å². The third-order valence-electron chi connectivity index (χ3n) is 5.20. The largest absolute Gasteiger partial charge is 0.141 e. The molecule has 3 heteroatoms. The molecule has 0 atom stereocenters. The van der Waals surface area contributed by atoms with Crippen molar-refractivity contribution >= 4 is 74.4 Å². The quantitative estimate of drug-likeness (QED) is 0.261. The zero-order valence-corrected chi connectivity index (χ0v) is 17.7. The molecule has 0 bridgehead atoms. The van der Waals surface area contributed by atoms with E-state index in [4.69, 9.17) is 0 Å². The van der Waals surface area contributed by atoms with E-state index in [9.17, 15) is 0 Å². The molecule has 0 aliphatic carbocycles. The molecular formula is C23H22S3. The van der Waals surface area contributed by atoms with Crippen molar-refractivity contribution < 1.29 is 0 Å². The molecule has 0 aliphatic rings. The van der Waals surface area contributed by atoms with E-state index in [1.165, 1.54) is 77.3 Å². The second-order valence-electron chi connectivity index (χ2n) is 7.25. The van der Waals surface area contributed by atoms with Gasteiger partial charge in [0.2, 0.25) is 0 Å². The Labute approximate surface area is 166 Å². The molecule has 0 spiro atoms. The van der Waals surface area contributed by atoms with Gasteiger partial charge in [-0.3, -0.25) is 0 Å². The lowest BCUT2D eigenvalue weighted by Crippen LogP contribution is -1.80. The second kappa shape index (κ2) is 6.63. The van der Waals surface area contributed by atoms with Crippen LogP contribution in [0.5, 0.6) is 0 Å². The molecule has 5 rings (SSSR count). The minimum atomic E-state index is 1.24. The average molecular weight is 395 g/mol. The Hall–Kier alpha value is -1.42. The molecule has 0 radical (unpaired) electrons. The molecule has 0 saturated heterocycles. The lowest BCUT2D eigenvalue weighted by molar-refractivity contribution is 0.670. The molecule has 0 aliphatic heterocycles. The van der Waals surface area contributed by atoms with Gasteiger partial charge in [0, 0.05) is 39.3 Å². The van der Waals surface area contributed by atoms with Crippen molar-refractivity contribution in [3.63, 3.8) is 0 Å². The highest BCUT2D eigenvalue weighted by atomic mass is 32.1. The molecule has 0 amide bonds. The molecule has 0 nitrogen and oxygen atoms in total. The molecular weight excluding hydrogens is 372 g/mol. The van der Waals surface area contributed by atoms with Crippen molar-refractivity contribution in [1.29, 1.82) is 0 Å². The van der Waals surface area contributed by atoms with Gasteiger partial charge in [0.05, 0.1) is 0 Å². The Morgan fingerprint density at radius 3 is 2.08 bits per heavy atom. The van der Waals surface area contributed by atoms with E-state index >= 15 is 0 Å². The van der Waals surface area contributed by atoms with Crippen LogP contribution in [0.2, 0.25) is 0 Å². The fourth-order valence-electron chi connectivity index (χ4n) is 3.88. The maximum atomic E-state index is 2.44. The summed E-state index contributed by atoms with van der Waals surface area (Å²) in [6, 6.07) is 14.4. The summed E-state index contributed by atoms with van der Waals surface area (Å²) in [5.74, 6) is 0. The van der Waals surface area contributed by atoms with Crippen molar-refractivity contribution in [1.82, 2.24) is 0 Å². The summed E-state index contributed by atoms with van der Waals surface area (Å²) < 4.78 is 5.71. The summed E-state index contributed by atoms with van der Waals surface area (Å²) in [6.45, 7) is 4.48. The van der Waals surface area contributed by atoms with Crippen LogP contribution in [0.25, 0.3) is 40.3 Å². The summed E-state index contributed by atoms with van der Waals surface area (Å²) in [5, 5.41) is 5.68. The number of rotatable bonds is 5. The summed E-state index contributed by atoms with van der Waals surface area (Å²) in [4.78, 5) is 2.95. The van der Waals surface area contributed by atoms with E-state index in [0.29, 0.717) is 0 Å². The number of aryl methyl sites for hydroxylation is 2. The average Bonchev–Trinajstić information content (AvgIpc) is 3.27. The van der Waals surface area contributed by atoms with Crippen LogP contribution >= 0.6 is 34.0 Å². The molecule has 0 fully saturated rings. The SMILES string of the molecule is CCCCCCc1cc2cc3sc4cc5cc(C)sc5cc4c3cc2s1. The van der Waals surface area contributed by atoms with Crippen LogP contribution in [0.4, 0.5) is 0 Å². The number of benzene rings is 2. The zero-order chi connectivity index (χ0) is 17.7. The highest BCUT2D eigenvalue weighted by Gasteiger charge is 2.11. The smallest absolute Gasteiger partial charge is 0.0362 e. The van der Waals surface area contributed by atoms with Crippen LogP contribution in [0.1, 0.15) is 42.4 Å². The Morgan fingerprint density at radius 2 is 1.35 bits per heavy atom. The number of thiophene rings is 3. The van der Waals surface area contributed by atoms with Crippen molar-refractivity contribution in [2.24, 2.45) is 0 Å². The highest BCUT2D eigenvalue weighted by molar-refractivity contribution is 7.26. The fraction of sp³-hybridized carbons (Fsp3) is 0.304. The molecule has 26 heavy (non-hydrogen) atoms. The first-order valence-corrected chi connectivity index (χ1v) is 11.9. The first kappa shape index (κ1) is 16.7. The predicted molar refractivity (Wildman–Crippen MR) is 123 cm³/mol. The van der Waals surface area contributed by atoms with Gasteiger partial charge in [0.1, 0.15) is 0 Å². The van der Waals surface area contributed by atoms with Crippen molar-refractivity contribution in [3.8, 4) is 0 Å². The third-order valence-corrected chi connectivity index (χ3v) is 8.48. The normalized spacial score (nSPS) is 12.2. The molecule has 3 heterocycles. The van der Waals surface area contributed by atoms with Crippen LogP contribution < -0.4 is 0 Å². The van der Waals surface area contributed by atoms with E-state index in [1.54, 1.807) is 4.88 Å². The van der Waals surface area contributed by atoms with E-state index in [1.807, 2.05) is 34.0 Å². The zero-order valence-electron chi connectivity index (χ0n) is 15.2. The van der Waals surface area contributed by atoms with Gasteiger partial charge in [0.25, 0.3) is 0 Å². The number of hydrogen-bond donors (Lipinski definition) is 0. The van der Waals surface area contributed by atoms with Gasteiger partial charge < -0.3 is 0 Å². The van der Waals surface area contributed by atoms with Crippen LogP contribution in [0.3, 0.4) is 0 Å². The Morgan fingerprint density at radius 1 is 0.654 bits per heavy atom. The van der Waals surface area contributed by atoms with Gasteiger partial charge in [0.15, 0.2) is 0 Å². The first-order chi connectivity index (χ1) is 12.7. The number of hydrogen-bond acceptors (Lipinski definition) is 3. The third kappa shape index (κ3) is 2.87. The molecule has 132 valence electrons. The van der Waals surface area contributed by atoms with E-state index in [-0.39, 0.29) is 0 Å². The predicted octanol–water partition coefficient (Wildman–Crippen LogP) is 8.92. The monoisotopic (exact) mass is 394 g/mol. The van der Waals surface area contributed by atoms with Crippen LogP contribution in [0.15, 0.2) is 36.4 Å². The minimum absolute atomic E-state index is 1.24. The van der Waals surface area contributed by atoms with Crippen molar-refractivity contribution in [2.75, 3.05) is 0 Å². The van der Waals surface area contributed by atoms with Crippen molar-refractivity contribution in [3.05, 3.63) is 46.2 Å². The standard InChI is InChI=1S/C23H22S3/c1-3-4-5-6-7-17-9-16-11-23-19(13-21(16)25-17)18-12-20-15(8-14(2)24-20)10-22(18)26-23/h8-13H,3-7H2,1-2H3. The number of fused-ring (bicyclic) bond motifs is 5. The lowest BCUT2D eigenvalue weighted by Gasteiger charge is -1.96. The Balaban J connectivity index is 1.59. The van der Waals surface area contributed by atoms with Crippen LogP contribution in [0, 0.1) is 6.92 Å². The van der Waals surface area contributed by atoms with E-state index in [0.717, 1.165) is 0 Å². The summed E-state index contributed by atoms with van der Waals surface area (Å²) in [6.07, 6.45) is 6.60. The van der Waals surface area contributed by atoms with Gasteiger partial charge in [-0.1, -0.05) is 26.2 Å². The molecule has 2 aromatic carbocycles. The number of unbranched alkanes of at least 4 members (excludes halogenated alkanes) is 3. The molecule has 5 aromatic rings. The van der Waals surface area contributed by atoms with Gasteiger partial charge in [-0.05, 0) is 66.9 Å². The maximum absolute atomic E-state index is 2.44. The summed E-state index contributed by atoms with van der Waals surface area (Å²) in [7, 11) is 0. The fourth-order valence-corrected chi connectivity index (χ4v) is 7.12. The molecule has 0 unspecified atom stereocenters. The second-order valence-corrected chi connectivity index (χ2v) is 10.8. The topological polar surface area (TPSA) is 0 Å². The van der Waals surface area contributed by atoms with Gasteiger partial charge in [-0.25, -0.2) is 0 Å². The molecule has 3 aromatic heterocycles. The van der Waals surface area contributed by atoms with Gasteiger partial charge in [-0.15, -0.1) is 34.0 Å². The van der Waals surface area contributed by atoms with Crippen molar-refractivity contribution in [2.45, 2.75) is 46.0 Å². The van der Waals surface area contributed by atoms with E-state index in [2.05, 4.69) is 50.2 Å². The maximum Gasteiger partial charge on any atom is 0.0362 e. The summed E-state index contributed by atoms with van der Waals surface area (Å²) >= 11 is 5.85.